The third kappa shape index (κ3) is 4.08. The van der Waals surface area contributed by atoms with E-state index >= 15 is 0 Å². The molecule has 1 aliphatic rings. The molecule has 1 fully saturated rings. The molecule has 1 saturated heterocycles. The van der Waals surface area contributed by atoms with Gasteiger partial charge in [0, 0.05) is 15.6 Å². The van der Waals surface area contributed by atoms with Crippen LogP contribution >= 0.6 is 35.0 Å². The first kappa shape index (κ1) is 19.6. The summed E-state index contributed by atoms with van der Waals surface area (Å²) in [7, 11) is 3.05. The summed E-state index contributed by atoms with van der Waals surface area (Å²) < 4.78 is 10.6. The number of hydrogen-bond acceptors (Lipinski definition) is 5. The predicted molar refractivity (Wildman–Crippen MR) is 108 cm³/mol. The molecule has 0 spiro atoms. The van der Waals surface area contributed by atoms with Crippen molar-refractivity contribution in [2.24, 2.45) is 0 Å². The summed E-state index contributed by atoms with van der Waals surface area (Å²) in [4.78, 5) is 26.5. The fourth-order valence-corrected chi connectivity index (χ4v) is 3.92. The van der Waals surface area contributed by atoms with Gasteiger partial charge in [-0.15, -0.1) is 0 Å². The standard InChI is InChI=1S/C19H15Cl2NO4S/c1-25-15-5-3-4-11(17(15)26-2)8-16-18(23)22(19(24)27-16)10-12-6-7-13(20)9-14(12)21/h3-9H,10H2,1-2H3/b16-8-. The van der Waals surface area contributed by atoms with Crippen LogP contribution < -0.4 is 9.47 Å². The zero-order valence-electron chi connectivity index (χ0n) is 14.5. The van der Waals surface area contributed by atoms with E-state index in [0.717, 1.165) is 16.7 Å². The summed E-state index contributed by atoms with van der Waals surface area (Å²) in [5, 5.41) is 0.530. The predicted octanol–water partition coefficient (Wildman–Crippen LogP) is 5.25. The Hall–Kier alpha value is -2.15. The van der Waals surface area contributed by atoms with Gasteiger partial charge in [0.05, 0.1) is 25.7 Å². The molecule has 0 aromatic heterocycles. The minimum absolute atomic E-state index is 0.0766. The van der Waals surface area contributed by atoms with E-state index in [-0.39, 0.29) is 17.7 Å². The van der Waals surface area contributed by atoms with Gasteiger partial charge in [-0.1, -0.05) is 41.4 Å². The lowest BCUT2D eigenvalue weighted by atomic mass is 10.1. The Kier molecular flexibility index (Phi) is 5.99. The summed E-state index contributed by atoms with van der Waals surface area (Å²) in [6.45, 7) is 0.0766. The number of carbonyl (C=O) groups is 2. The number of hydrogen-bond donors (Lipinski definition) is 0. The van der Waals surface area contributed by atoms with Gasteiger partial charge in [0.2, 0.25) is 0 Å². The van der Waals surface area contributed by atoms with E-state index in [1.54, 1.807) is 42.5 Å². The summed E-state index contributed by atoms with van der Waals surface area (Å²) >= 11 is 12.9. The van der Waals surface area contributed by atoms with E-state index in [1.165, 1.54) is 14.2 Å². The van der Waals surface area contributed by atoms with Crippen molar-refractivity contribution in [1.29, 1.82) is 0 Å². The number of carbonyl (C=O) groups excluding carboxylic acids is 2. The molecular formula is C19H15Cl2NO4S. The van der Waals surface area contributed by atoms with Gasteiger partial charge in [-0.2, -0.15) is 0 Å². The first-order chi connectivity index (χ1) is 12.9. The Morgan fingerprint density at radius 1 is 1.11 bits per heavy atom. The summed E-state index contributed by atoms with van der Waals surface area (Å²) in [6, 6.07) is 10.3. The van der Waals surface area contributed by atoms with E-state index in [4.69, 9.17) is 32.7 Å². The molecule has 0 unspecified atom stereocenters. The molecule has 1 heterocycles. The third-order valence-corrected chi connectivity index (χ3v) is 5.43. The number of amides is 2. The second-order valence-corrected chi connectivity index (χ2v) is 7.42. The maximum absolute atomic E-state index is 12.7. The number of rotatable bonds is 5. The van der Waals surface area contributed by atoms with Gasteiger partial charge >= 0.3 is 0 Å². The molecular weight excluding hydrogens is 409 g/mol. The molecule has 2 aromatic carbocycles. The average molecular weight is 424 g/mol. The van der Waals surface area contributed by atoms with Crippen molar-refractivity contribution in [3.63, 3.8) is 0 Å². The Balaban J connectivity index is 1.89. The van der Waals surface area contributed by atoms with Crippen LogP contribution in [0.15, 0.2) is 41.3 Å². The molecule has 2 aromatic rings. The summed E-state index contributed by atoms with van der Waals surface area (Å²) in [5.41, 5.74) is 1.29. The lowest BCUT2D eigenvalue weighted by molar-refractivity contribution is -0.123. The zero-order chi connectivity index (χ0) is 19.6. The van der Waals surface area contributed by atoms with Crippen LogP contribution in [0.1, 0.15) is 11.1 Å². The topological polar surface area (TPSA) is 55.8 Å². The van der Waals surface area contributed by atoms with Crippen LogP contribution in [0.4, 0.5) is 4.79 Å². The fourth-order valence-electron chi connectivity index (χ4n) is 2.62. The van der Waals surface area contributed by atoms with Gasteiger partial charge in [0.1, 0.15) is 0 Å². The van der Waals surface area contributed by atoms with Gasteiger partial charge < -0.3 is 9.47 Å². The molecule has 27 heavy (non-hydrogen) atoms. The molecule has 0 saturated carbocycles. The van der Waals surface area contributed by atoms with Crippen molar-refractivity contribution in [3.05, 3.63) is 62.5 Å². The Morgan fingerprint density at radius 3 is 2.56 bits per heavy atom. The van der Waals surface area contributed by atoms with Gasteiger partial charge in [-0.25, -0.2) is 0 Å². The third-order valence-electron chi connectivity index (χ3n) is 3.94. The van der Waals surface area contributed by atoms with Crippen molar-refractivity contribution in [2.45, 2.75) is 6.54 Å². The average Bonchev–Trinajstić information content (AvgIpc) is 2.90. The van der Waals surface area contributed by atoms with Crippen LogP contribution in [0, 0.1) is 0 Å². The first-order valence-corrected chi connectivity index (χ1v) is 9.42. The lowest BCUT2D eigenvalue weighted by Gasteiger charge is -2.14. The van der Waals surface area contributed by atoms with Crippen LogP contribution in [0.5, 0.6) is 11.5 Å². The lowest BCUT2D eigenvalue weighted by Crippen LogP contribution is -2.27. The Bertz CT molecular complexity index is 945. The number of thioether (sulfide) groups is 1. The van der Waals surface area contributed by atoms with Crippen LogP contribution in [0.2, 0.25) is 10.0 Å². The quantitative estimate of drug-likeness (QED) is 0.614. The van der Waals surface area contributed by atoms with Crippen LogP contribution in [0.3, 0.4) is 0 Å². The number of para-hydroxylation sites is 1. The van der Waals surface area contributed by atoms with Gasteiger partial charge in [0.15, 0.2) is 11.5 Å². The number of nitrogens with zero attached hydrogens (tertiary/aromatic N) is 1. The SMILES string of the molecule is COc1cccc(/C=C2\SC(=O)N(Cc3ccc(Cl)cc3Cl)C2=O)c1OC. The Labute approximate surface area is 170 Å². The van der Waals surface area contributed by atoms with Crippen molar-refractivity contribution in [2.75, 3.05) is 14.2 Å². The molecule has 8 heteroatoms. The zero-order valence-corrected chi connectivity index (χ0v) is 16.8. The smallest absolute Gasteiger partial charge is 0.293 e. The van der Waals surface area contributed by atoms with E-state index < -0.39 is 0 Å². The van der Waals surface area contributed by atoms with Gasteiger partial charge in [-0.05, 0) is 41.6 Å². The maximum Gasteiger partial charge on any atom is 0.293 e. The van der Waals surface area contributed by atoms with Crippen LogP contribution in [-0.4, -0.2) is 30.3 Å². The fraction of sp³-hybridized carbons (Fsp3) is 0.158. The minimum atomic E-state index is -0.388. The van der Waals surface area contributed by atoms with Crippen LogP contribution in [0.25, 0.3) is 6.08 Å². The van der Waals surface area contributed by atoms with Gasteiger partial charge in [0.25, 0.3) is 11.1 Å². The molecule has 0 aliphatic carbocycles. The molecule has 0 bridgehead atoms. The van der Waals surface area contributed by atoms with Crippen molar-refractivity contribution in [1.82, 2.24) is 4.90 Å². The van der Waals surface area contributed by atoms with E-state index in [1.807, 2.05) is 0 Å². The molecule has 1 aliphatic heterocycles. The van der Waals surface area contributed by atoms with Crippen molar-refractivity contribution in [3.8, 4) is 11.5 Å². The second-order valence-electron chi connectivity index (χ2n) is 5.59. The first-order valence-electron chi connectivity index (χ1n) is 7.85. The van der Waals surface area contributed by atoms with E-state index in [9.17, 15) is 9.59 Å². The molecule has 0 radical (unpaired) electrons. The number of halogens is 2. The van der Waals surface area contributed by atoms with E-state index in [0.29, 0.717) is 37.6 Å². The number of imide groups is 1. The highest BCUT2D eigenvalue weighted by Crippen LogP contribution is 2.38. The highest BCUT2D eigenvalue weighted by molar-refractivity contribution is 8.18. The highest BCUT2D eigenvalue weighted by atomic mass is 35.5. The Morgan fingerprint density at radius 2 is 1.89 bits per heavy atom. The second kappa shape index (κ2) is 8.25. The molecule has 0 atom stereocenters. The summed E-state index contributed by atoms with van der Waals surface area (Å²) in [6.07, 6.45) is 1.62. The minimum Gasteiger partial charge on any atom is -0.493 e. The number of benzene rings is 2. The molecule has 2 amide bonds. The summed E-state index contributed by atoms with van der Waals surface area (Å²) in [5.74, 6) is 0.645. The molecule has 140 valence electrons. The van der Waals surface area contributed by atoms with Crippen LogP contribution in [-0.2, 0) is 11.3 Å². The highest BCUT2D eigenvalue weighted by Gasteiger charge is 2.35. The monoisotopic (exact) mass is 423 g/mol. The number of methoxy groups -OCH3 is 2. The molecule has 3 rings (SSSR count). The molecule has 0 N–H and O–H groups in total. The van der Waals surface area contributed by atoms with E-state index in [2.05, 4.69) is 0 Å². The molecule has 5 nitrogen and oxygen atoms in total. The largest absolute Gasteiger partial charge is 0.493 e. The maximum atomic E-state index is 12.7. The van der Waals surface area contributed by atoms with Crippen molar-refractivity contribution < 1.29 is 19.1 Å². The van der Waals surface area contributed by atoms with Crippen molar-refractivity contribution >= 4 is 52.2 Å². The number of ether oxygens (including phenoxy) is 2. The van der Waals surface area contributed by atoms with Gasteiger partial charge in [-0.3, -0.25) is 14.5 Å². The normalized spacial score (nSPS) is 15.6.